The summed E-state index contributed by atoms with van der Waals surface area (Å²) in [6.45, 7) is 1.43. The molecule has 0 radical (unpaired) electrons. The fraction of sp³-hybridized carbons (Fsp3) is 0.267. The number of guanidine groups is 1. The maximum absolute atomic E-state index is 5.35. The summed E-state index contributed by atoms with van der Waals surface area (Å²) in [5.74, 6) is 1.75. The summed E-state index contributed by atoms with van der Waals surface area (Å²) in [6.07, 6.45) is 1.68. The molecule has 1 heterocycles. The average Bonchev–Trinajstić information content (AvgIpc) is 2.94. The lowest BCUT2D eigenvalue weighted by atomic mass is 10.2. The molecule has 0 saturated heterocycles. The zero-order chi connectivity index (χ0) is 14.4. The highest BCUT2D eigenvalue weighted by molar-refractivity contribution is 9.10. The van der Waals surface area contributed by atoms with Crippen LogP contribution in [0.3, 0.4) is 0 Å². The minimum Gasteiger partial charge on any atom is -0.467 e. The molecule has 5 heteroatoms. The summed E-state index contributed by atoms with van der Waals surface area (Å²) in [6, 6.07) is 12.1. The number of rotatable bonds is 4. The van der Waals surface area contributed by atoms with E-state index in [2.05, 4.69) is 38.4 Å². The van der Waals surface area contributed by atoms with Crippen molar-refractivity contribution in [1.29, 1.82) is 0 Å². The molecule has 0 aliphatic carbocycles. The van der Waals surface area contributed by atoms with Gasteiger partial charge in [-0.2, -0.15) is 0 Å². The predicted molar refractivity (Wildman–Crippen MR) is 84.5 cm³/mol. The van der Waals surface area contributed by atoms with E-state index in [1.54, 1.807) is 13.3 Å². The van der Waals surface area contributed by atoms with Crippen LogP contribution in [0.1, 0.15) is 11.3 Å². The van der Waals surface area contributed by atoms with E-state index in [4.69, 9.17) is 4.42 Å². The third-order valence-corrected chi connectivity index (χ3v) is 3.44. The quantitative estimate of drug-likeness (QED) is 0.688. The van der Waals surface area contributed by atoms with Crippen molar-refractivity contribution in [2.45, 2.75) is 13.1 Å². The van der Waals surface area contributed by atoms with E-state index in [0.29, 0.717) is 6.54 Å². The Kier molecular flexibility index (Phi) is 5.24. The predicted octanol–water partition coefficient (Wildman–Crippen LogP) is 3.25. The Bertz CT molecular complexity index is 549. The van der Waals surface area contributed by atoms with Crippen molar-refractivity contribution >= 4 is 21.9 Å². The molecule has 0 fully saturated rings. The van der Waals surface area contributed by atoms with Crippen molar-refractivity contribution in [1.82, 2.24) is 10.2 Å². The lowest BCUT2D eigenvalue weighted by Gasteiger charge is -2.21. The minimum absolute atomic E-state index is 0.688. The SMILES string of the molecule is CN=C(NCc1ccc(Br)cc1)N(C)Cc1ccco1. The van der Waals surface area contributed by atoms with E-state index in [0.717, 1.165) is 22.7 Å². The van der Waals surface area contributed by atoms with Gasteiger partial charge in [0.25, 0.3) is 0 Å². The van der Waals surface area contributed by atoms with Crippen molar-refractivity contribution in [2.24, 2.45) is 4.99 Å². The summed E-state index contributed by atoms with van der Waals surface area (Å²) in [5.41, 5.74) is 1.21. The lowest BCUT2D eigenvalue weighted by molar-refractivity contribution is 0.400. The van der Waals surface area contributed by atoms with Gasteiger partial charge >= 0.3 is 0 Å². The molecule has 2 aromatic rings. The maximum Gasteiger partial charge on any atom is 0.194 e. The third kappa shape index (κ3) is 4.13. The molecule has 0 atom stereocenters. The van der Waals surface area contributed by atoms with Crippen LogP contribution in [-0.2, 0) is 13.1 Å². The van der Waals surface area contributed by atoms with Crippen LogP contribution >= 0.6 is 15.9 Å². The van der Waals surface area contributed by atoms with E-state index in [1.807, 2.05) is 36.2 Å². The topological polar surface area (TPSA) is 40.8 Å². The monoisotopic (exact) mass is 335 g/mol. The minimum atomic E-state index is 0.688. The van der Waals surface area contributed by atoms with Gasteiger partial charge in [-0.15, -0.1) is 0 Å². The summed E-state index contributed by atoms with van der Waals surface area (Å²) >= 11 is 3.43. The van der Waals surface area contributed by atoms with Crippen LogP contribution in [0.4, 0.5) is 0 Å². The highest BCUT2D eigenvalue weighted by atomic mass is 79.9. The van der Waals surface area contributed by atoms with Gasteiger partial charge in [0, 0.05) is 25.1 Å². The van der Waals surface area contributed by atoms with Crippen LogP contribution in [0.25, 0.3) is 0 Å². The molecular weight excluding hydrogens is 318 g/mol. The molecule has 1 aromatic carbocycles. The van der Waals surface area contributed by atoms with E-state index >= 15 is 0 Å². The van der Waals surface area contributed by atoms with Crippen molar-refractivity contribution < 1.29 is 4.42 Å². The first-order valence-corrected chi connectivity index (χ1v) is 7.17. The van der Waals surface area contributed by atoms with E-state index < -0.39 is 0 Å². The smallest absolute Gasteiger partial charge is 0.194 e. The Labute approximate surface area is 127 Å². The van der Waals surface area contributed by atoms with Gasteiger partial charge in [0.2, 0.25) is 0 Å². The largest absolute Gasteiger partial charge is 0.467 e. The summed E-state index contributed by atoms with van der Waals surface area (Å²) < 4.78 is 6.43. The molecule has 1 N–H and O–H groups in total. The van der Waals surface area contributed by atoms with Gasteiger partial charge in [0.05, 0.1) is 12.8 Å². The first-order chi connectivity index (χ1) is 9.69. The van der Waals surface area contributed by atoms with Gasteiger partial charge in [0.1, 0.15) is 5.76 Å². The van der Waals surface area contributed by atoms with Crippen molar-refractivity contribution in [2.75, 3.05) is 14.1 Å². The van der Waals surface area contributed by atoms with Crippen LogP contribution in [0.5, 0.6) is 0 Å². The Morgan fingerprint density at radius 3 is 2.65 bits per heavy atom. The normalized spacial score (nSPS) is 11.4. The van der Waals surface area contributed by atoms with Gasteiger partial charge < -0.3 is 14.6 Å². The molecule has 0 aliphatic rings. The molecule has 1 aromatic heterocycles. The Morgan fingerprint density at radius 2 is 2.05 bits per heavy atom. The Morgan fingerprint density at radius 1 is 1.30 bits per heavy atom. The molecule has 20 heavy (non-hydrogen) atoms. The molecule has 106 valence electrons. The van der Waals surface area contributed by atoms with Gasteiger partial charge in [0.15, 0.2) is 5.96 Å². The second kappa shape index (κ2) is 7.14. The maximum atomic E-state index is 5.35. The Hall–Kier alpha value is -1.75. The molecule has 0 saturated carbocycles. The molecule has 0 spiro atoms. The van der Waals surface area contributed by atoms with Crippen molar-refractivity contribution in [3.63, 3.8) is 0 Å². The van der Waals surface area contributed by atoms with Crippen LogP contribution in [-0.4, -0.2) is 25.0 Å². The van der Waals surface area contributed by atoms with Gasteiger partial charge in [-0.25, -0.2) is 0 Å². The fourth-order valence-corrected chi connectivity index (χ4v) is 2.14. The summed E-state index contributed by atoms with van der Waals surface area (Å²) in [5, 5.41) is 3.34. The van der Waals surface area contributed by atoms with Crippen LogP contribution in [0, 0.1) is 0 Å². The number of halogens is 1. The summed E-state index contributed by atoms with van der Waals surface area (Å²) in [7, 11) is 3.77. The highest BCUT2D eigenvalue weighted by Crippen LogP contribution is 2.10. The molecule has 2 rings (SSSR count). The van der Waals surface area contributed by atoms with Crippen LogP contribution < -0.4 is 5.32 Å². The number of nitrogens with one attached hydrogen (secondary N) is 1. The van der Waals surface area contributed by atoms with Crippen molar-refractivity contribution in [3.8, 4) is 0 Å². The first kappa shape index (κ1) is 14.7. The van der Waals surface area contributed by atoms with E-state index in [1.165, 1.54) is 5.56 Å². The molecule has 0 unspecified atom stereocenters. The number of benzene rings is 1. The zero-order valence-electron chi connectivity index (χ0n) is 11.6. The molecule has 0 aliphatic heterocycles. The lowest BCUT2D eigenvalue weighted by Crippen LogP contribution is -2.37. The van der Waals surface area contributed by atoms with Gasteiger partial charge in [-0.1, -0.05) is 28.1 Å². The number of furan rings is 1. The molecule has 0 amide bonds. The number of hydrogen-bond acceptors (Lipinski definition) is 2. The summed E-state index contributed by atoms with van der Waals surface area (Å²) in [4.78, 5) is 6.31. The van der Waals surface area contributed by atoms with Crippen LogP contribution in [0.2, 0.25) is 0 Å². The molecule has 0 bridgehead atoms. The second-order valence-electron chi connectivity index (χ2n) is 4.46. The second-order valence-corrected chi connectivity index (χ2v) is 5.38. The van der Waals surface area contributed by atoms with Crippen LogP contribution in [0.15, 0.2) is 56.5 Å². The highest BCUT2D eigenvalue weighted by Gasteiger charge is 2.07. The standard InChI is InChI=1S/C15H18BrN3O/c1-17-15(19(2)11-14-4-3-9-20-14)18-10-12-5-7-13(16)8-6-12/h3-9H,10-11H2,1-2H3,(H,17,18). The van der Waals surface area contributed by atoms with Gasteiger partial charge in [-0.05, 0) is 29.8 Å². The Balaban J connectivity index is 1.90. The number of nitrogens with zero attached hydrogens (tertiary/aromatic N) is 2. The molecule has 4 nitrogen and oxygen atoms in total. The number of hydrogen-bond donors (Lipinski definition) is 1. The fourth-order valence-electron chi connectivity index (χ4n) is 1.88. The third-order valence-electron chi connectivity index (χ3n) is 2.91. The van der Waals surface area contributed by atoms with E-state index in [-0.39, 0.29) is 0 Å². The van der Waals surface area contributed by atoms with Crippen molar-refractivity contribution in [3.05, 3.63) is 58.5 Å². The zero-order valence-corrected chi connectivity index (χ0v) is 13.2. The van der Waals surface area contributed by atoms with Gasteiger partial charge in [-0.3, -0.25) is 4.99 Å². The first-order valence-electron chi connectivity index (χ1n) is 6.37. The average molecular weight is 336 g/mol. The number of aliphatic imine (C=N–C) groups is 1. The van der Waals surface area contributed by atoms with E-state index in [9.17, 15) is 0 Å². The molecular formula is C15H18BrN3O.